The number of pyridine rings is 1. The van der Waals surface area contributed by atoms with E-state index < -0.39 is 0 Å². The third-order valence-corrected chi connectivity index (χ3v) is 5.04. The third kappa shape index (κ3) is 2.70. The van der Waals surface area contributed by atoms with Crippen LogP contribution in [0.4, 0.5) is 0 Å². The fourth-order valence-electron chi connectivity index (χ4n) is 3.59. The Morgan fingerprint density at radius 1 is 0.852 bits per heavy atom. The predicted molar refractivity (Wildman–Crippen MR) is 109 cm³/mol. The van der Waals surface area contributed by atoms with Crippen LogP contribution in [0.15, 0.2) is 73.2 Å². The lowest BCUT2D eigenvalue weighted by atomic mass is 10.1. The summed E-state index contributed by atoms with van der Waals surface area (Å²) in [6.07, 6.45) is 4.08. The van der Waals surface area contributed by atoms with Gasteiger partial charge in [-0.1, -0.05) is 48.0 Å². The molecule has 2 aromatic carbocycles. The summed E-state index contributed by atoms with van der Waals surface area (Å²) in [5.41, 5.74) is 8.91. The van der Waals surface area contributed by atoms with Gasteiger partial charge in [0.2, 0.25) is 0 Å². The monoisotopic (exact) mass is 352 g/mol. The molecule has 0 amide bonds. The van der Waals surface area contributed by atoms with Crippen molar-refractivity contribution in [3.63, 3.8) is 0 Å². The van der Waals surface area contributed by atoms with E-state index in [1.165, 1.54) is 16.8 Å². The molecule has 3 aromatic heterocycles. The molecule has 4 heteroatoms. The number of benzene rings is 2. The smallest absolute Gasteiger partial charge is 0.137 e. The van der Waals surface area contributed by atoms with Crippen LogP contribution in [0, 0.1) is 13.8 Å². The van der Waals surface area contributed by atoms with Gasteiger partial charge in [0.25, 0.3) is 0 Å². The van der Waals surface area contributed by atoms with Gasteiger partial charge in [-0.15, -0.1) is 0 Å². The lowest BCUT2D eigenvalue weighted by molar-refractivity contribution is 0.789. The zero-order chi connectivity index (χ0) is 18.4. The minimum atomic E-state index is 0.717. The second-order valence-electron chi connectivity index (χ2n) is 7.07. The number of nitrogens with zero attached hydrogens (tertiary/aromatic N) is 4. The molecule has 0 bridgehead atoms. The number of aromatic nitrogens is 4. The summed E-state index contributed by atoms with van der Waals surface area (Å²) in [4.78, 5) is 9.49. The normalized spacial score (nSPS) is 11.5. The van der Waals surface area contributed by atoms with Crippen LogP contribution in [0.2, 0.25) is 0 Å². The summed E-state index contributed by atoms with van der Waals surface area (Å²) in [6, 6.07) is 21.0. The zero-order valence-corrected chi connectivity index (χ0v) is 15.4. The van der Waals surface area contributed by atoms with Crippen molar-refractivity contribution in [1.82, 2.24) is 18.9 Å². The molecular formula is C23H20N4. The average Bonchev–Trinajstić information content (AvgIpc) is 3.25. The van der Waals surface area contributed by atoms with E-state index in [0.29, 0.717) is 6.54 Å². The Morgan fingerprint density at radius 2 is 1.63 bits per heavy atom. The van der Waals surface area contributed by atoms with Crippen molar-refractivity contribution in [3.8, 4) is 11.3 Å². The van der Waals surface area contributed by atoms with Gasteiger partial charge in [0, 0.05) is 11.8 Å². The summed E-state index contributed by atoms with van der Waals surface area (Å²) in [6.45, 7) is 4.94. The molecule has 0 saturated carbocycles. The van der Waals surface area contributed by atoms with Gasteiger partial charge < -0.3 is 8.97 Å². The summed E-state index contributed by atoms with van der Waals surface area (Å²) < 4.78 is 4.40. The Morgan fingerprint density at radius 3 is 2.48 bits per heavy atom. The molecule has 0 spiro atoms. The highest BCUT2D eigenvalue weighted by molar-refractivity contribution is 5.75. The van der Waals surface area contributed by atoms with Crippen LogP contribution in [-0.4, -0.2) is 18.9 Å². The average molecular weight is 352 g/mol. The van der Waals surface area contributed by atoms with E-state index in [9.17, 15) is 0 Å². The molecule has 0 saturated heterocycles. The first-order valence-electron chi connectivity index (χ1n) is 9.13. The number of hydrogen-bond acceptors (Lipinski definition) is 2. The standard InChI is InChI=1S/C23H20N4/c1-16-7-10-18(11-8-16)23-21(27-13-17(2)9-12-22(27)25-23)14-26-15-24-19-5-3-4-6-20(19)26/h3-13,15H,14H2,1-2H3. The van der Waals surface area contributed by atoms with Crippen molar-refractivity contribution in [2.24, 2.45) is 0 Å². The number of aryl methyl sites for hydroxylation is 2. The molecule has 5 rings (SSSR count). The minimum absolute atomic E-state index is 0.717. The van der Waals surface area contributed by atoms with Crippen LogP contribution < -0.4 is 0 Å². The Hall–Kier alpha value is -3.40. The highest BCUT2D eigenvalue weighted by atomic mass is 15.1. The maximum atomic E-state index is 4.94. The molecule has 132 valence electrons. The van der Waals surface area contributed by atoms with Gasteiger partial charge in [-0.25, -0.2) is 9.97 Å². The molecule has 0 aliphatic rings. The van der Waals surface area contributed by atoms with Gasteiger partial charge in [-0.2, -0.15) is 0 Å². The fourth-order valence-corrected chi connectivity index (χ4v) is 3.59. The quantitative estimate of drug-likeness (QED) is 0.457. The Kier molecular flexibility index (Phi) is 3.57. The zero-order valence-electron chi connectivity index (χ0n) is 15.4. The SMILES string of the molecule is Cc1ccc(-c2nc3ccc(C)cn3c2Cn2cnc3ccccc32)cc1. The van der Waals surface area contributed by atoms with Crippen LogP contribution >= 0.6 is 0 Å². The van der Waals surface area contributed by atoms with Gasteiger partial charge in [-0.05, 0) is 37.6 Å². The molecule has 4 nitrogen and oxygen atoms in total. The second-order valence-corrected chi connectivity index (χ2v) is 7.07. The van der Waals surface area contributed by atoms with E-state index >= 15 is 0 Å². The van der Waals surface area contributed by atoms with Crippen LogP contribution in [0.5, 0.6) is 0 Å². The molecule has 0 fully saturated rings. The number of imidazole rings is 2. The highest BCUT2D eigenvalue weighted by Crippen LogP contribution is 2.27. The van der Waals surface area contributed by atoms with Crippen LogP contribution in [0.25, 0.3) is 27.9 Å². The van der Waals surface area contributed by atoms with Gasteiger partial charge >= 0.3 is 0 Å². The lowest BCUT2D eigenvalue weighted by Gasteiger charge is -2.08. The van der Waals surface area contributed by atoms with Crippen molar-refractivity contribution >= 4 is 16.7 Å². The summed E-state index contributed by atoms with van der Waals surface area (Å²) in [7, 11) is 0. The fraction of sp³-hybridized carbons (Fsp3) is 0.130. The Bertz CT molecular complexity index is 1260. The van der Waals surface area contributed by atoms with Crippen LogP contribution in [0.1, 0.15) is 16.8 Å². The molecule has 0 aliphatic carbocycles. The highest BCUT2D eigenvalue weighted by Gasteiger charge is 2.15. The predicted octanol–water partition coefficient (Wildman–Crippen LogP) is 5.02. The van der Waals surface area contributed by atoms with E-state index in [0.717, 1.165) is 27.9 Å². The Labute approximate surface area is 157 Å². The minimum Gasteiger partial charge on any atom is -0.324 e. The molecule has 5 aromatic rings. The second kappa shape index (κ2) is 6.09. The van der Waals surface area contributed by atoms with Gasteiger partial charge in [0.15, 0.2) is 0 Å². The van der Waals surface area contributed by atoms with Gasteiger partial charge in [0.1, 0.15) is 5.65 Å². The van der Waals surface area contributed by atoms with Crippen LogP contribution in [-0.2, 0) is 6.54 Å². The van der Waals surface area contributed by atoms with Crippen molar-refractivity contribution < 1.29 is 0 Å². The van der Waals surface area contributed by atoms with Crippen molar-refractivity contribution in [3.05, 3.63) is 90.0 Å². The largest absolute Gasteiger partial charge is 0.324 e. The van der Waals surface area contributed by atoms with E-state index in [2.05, 4.69) is 82.5 Å². The first-order valence-corrected chi connectivity index (χ1v) is 9.13. The van der Waals surface area contributed by atoms with E-state index in [4.69, 9.17) is 4.98 Å². The van der Waals surface area contributed by atoms with Crippen molar-refractivity contribution in [1.29, 1.82) is 0 Å². The molecular weight excluding hydrogens is 332 g/mol. The molecule has 0 N–H and O–H groups in total. The third-order valence-electron chi connectivity index (χ3n) is 5.04. The molecule has 27 heavy (non-hydrogen) atoms. The molecule has 3 heterocycles. The summed E-state index contributed by atoms with van der Waals surface area (Å²) >= 11 is 0. The number of fused-ring (bicyclic) bond motifs is 2. The first kappa shape index (κ1) is 15.8. The first-order chi connectivity index (χ1) is 13.2. The molecule has 0 radical (unpaired) electrons. The van der Waals surface area contributed by atoms with Crippen LogP contribution in [0.3, 0.4) is 0 Å². The molecule has 0 atom stereocenters. The maximum Gasteiger partial charge on any atom is 0.137 e. The van der Waals surface area contributed by atoms with E-state index in [1.807, 2.05) is 18.5 Å². The van der Waals surface area contributed by atoms with Gasteiger partial charge in [-0.3, -0.25) is 0 Å². The number of para-hydroxylation sites is 2. The summed E-state index contributed by atoms with van der Waals surface area (Å²) in [5, 5.41) is 0. The molecule has 0 unspecified atom stereocenters. The van der Waals surface area contributed by atoms with Crippen molar-refractivity contribution in [2.75, 3.05) is 0 Å². The van der Waals surface area contributed by atoms with E-state index in [1.54, 1.807) is 0 Å². The lowest BCUT2D eigenvalue weighted by Crippen LogP contribution is -2.03. The maximum absolute atomic E-state index is 4.94. The summed E-state index contributed by atoms with van der Waals surface area (Å²) in [5.74, 6) is 0. The van der Waals surface area contributed by atoms with Crippen molar-refractivity contribution in [2.45, 2.75) is 20.4 Å². The topological polar surface area (TPSA) is 35.1 Å². The number of hydrogen-bond donors (Lipinski definition) is 0. The van der Waals surface area contributed by atoms with Gasteiger partial charge in [0.05, 0.1) is 35.3 Å². The number of rotatable bonds is 3. The Balaban J connectivity index is 1.72. The molecule has 0 aliphatic heterocycles. The van der Waals surface area contributed by atoms with E-state index in [-0.39, 0.29) is 0 Å².